The zero-order valence-electron chi connectivity index (χ0n) is 8.65. The Morgan fingerprint density at radius 3 is 2.50 bits per heavy atom. The van der Waals surface area contributed by atoms with Gasteiger partial charge in [-0.2, -0.15) is 0 Å². The molecule has 0 bridgehead atoms. The number of aryl methyl sites for hydroxylation is 1. The third-order valence-corrected chi connectivity index (χ3v) is 2.67. The Balaban J connectivity index is 2.45. The summed E-state index contributed by atoms with van der Waals surface area (Å²) >= 11 is 3.33. The van der Waals surface area contributed by atoms with E-state index in [1.165, 1.54) is 6.07 Å². The SMILES string of the molecule is O=c1cc(-c2ccccc2)cc(CCBr)o1. The van der Waals surface area contributed by atoms with Crippen molar-refractivity contribution in [1.29, 1.82) is 0 Å². The molecule has 0 fully saturated rings. The lowest BCUT2D eigenvalue weighted by Crippen LogP contribution is -2.01. The largest absolute Gasteiger partial charge is 0.428 e. The van der Waals surface area contributed by atoms with E-state index in [0.717, 1.165) is 22.9 Å². The smallest absolute Gasteiger partial charge is 0.336 e. The molecule has 1 heterocycles. The van der Waals surface area contributed by atoms with E-state index in [-0.39, 0.29) is 5.63 Å². The van der Waals surface area contributed by atoms with Crippen molar-refractivity contribution >= 4 is 15.9 Å². The maximum absolute atomic E-state index is 11.4. The summed E-state index contributed by atoms with van der Waals surface area (Å²) in [6.07, 6.45) is 0.718. The van der Waals surface area contributed by atoms with Gasteiger partial charge in [0.05, 0.1) is 0 Å². The summed E-state index contributed by atoms with van der Waals surface area (Å²) < 4.78 is 5.09. The molecular weight excluding hydrogens is 268 g/mol. The summed E-state index contributed by atoms with van der Waals surface area (Å²) in [4.78, 5) is 11.4. The van der Waals surface area contributed by atoms with Gasteiger partial charge in [-0.05, 0) is 17.2 Å². The van der Waals surface area contributed by atoms with Gasteiger partial charge < -0.3 is 4.42 Å². The van der Waals surface area contributed by atoms with Gasteiger partial charge in [-0.3, -0.25) is 0 Å². The Kier molecular flexibility index (Phi) is 3.57. The summed E-state index contributed by atoms with van der Waals surface area (Å²) in [6, 6.07) is 13.3. The second-order valence-corrected chi connectivity index (χ2v) is 4.23. The summed E-state index contributed by atoms with van der Waals surface area (Å²) in [5, 5.41) is 0.786. The average molecular weight is 279 g/mol. The number of hydrogen-bond acceptors (Lipinski definition) is 2. The van der Waals surface area contributed by atoms with Crippen LogP contribution in [0.2, 0.25) is 0 Å². The first-order valence-corrected chi connectivity index (χ1v) is 6.17. The van der Waals surface area contributed by atoms with Crippen LogP contribution in [-0.4, -0.2) is 5.33 Å². The first-order valence-electron chi connectivity index (χ1n) is 5.05. The Morgan fingerprint density at radius 1 is 1.06 bits per heavy atom. The van der Waals surface area contributed by atoms with Crippen LogP contribution in [0, 0.1) is 0 Å². The van der Waals surface area contributed by atoms with E-state index < -0.39 is 0 Å². The maximum Gasteiger partial charge on any atom is 0.336 e. The van der Waals surface area contributed by atoms with E-state index in [1.54, 1.807) is 0 Å². The maximum atomic E-state index is 11.4. The summed E-state index contributed by atoms with van der Waals surface area (Å²) in [6.45, 7) is 0. The summed E-state index contributed by atoms with van der Waals surface area (Å²) in [7, 11) is 0. The molecule has 0 atom stereocenters. The minimum Gasteiger partial charge on any atom is -0.428 e. The molecule has 2 nitrogen and oxygen atoms in total. The fraction of sp³-hybridized carbons (Fsp3) is 0.154. The van der Waals surface area contributed by atoms with Crippen LogP contribution in [0.3, 0.4) is 0 Å². The van der Waals surface area contributed by atoms with Crippen molar-refractivity contribution in [3.63, 3.8) is 0 Å². The Morgan fingerprint density at radius 2 is 1.81 bits per heavy atom. The van der Waals surface area contributed by atoms with Crippen LogP contribution in [0.1, 0.15) is 5.76 Å². The Hall–Kier alpha value is -1.35. The van der Waals surface area contributed by atoms with Crippen molar-refractivity contribution in [2.24, 2.45) is 0 Å². The van der Waals surface area contributed by atoms with Crippen LogP contribution >= 0.6 is 15.9 Å². The highest BCUT2D eigenvalue weighted by Gasteiger charge is 2.03. The predicted octanol–water partition coefficient (Wildman–Crippen LogP) is 3.24. The standard InChI is InChI=1S/C13H11BrO2/c14-7-6-12-8-11(9-13(15)16-12)10-4-2-1-3-5-10/h1-5,8-9H,6-7H2. The third-order valence-electron chi connectivity index (χ3n) is 2.27. The number of hydrogen-bond donors (Lipinski definition) is 0. The fourth-order valence-electron chi connectivity index (χ4n) is 1.54. The van der Waals surface area contributed by atoms with Crippen molar-refractivity contribution in [1.82, 2.24) is 0 Å². The predicted molar refractivity (Wildman–Crippen MR) is 67.9 cm³/mol. The van der Waals surface area contributed by atoms with Crippen molar-refractivity contribution in [3.8, 4) is 11.1 Å². The summed E-state index contributed by atoms with van der Waals surface area (Å²) in [5.41, 5.74) is 1.65. The lowest BCUT2D eigenvalue weighted by Gasteiger charge is -2.02. The molecule has 3 heteroatoms. The first kappa shape index (κ1) is 11.1. The topological polar surface area (TPSA) is 30.2 Å². The highest BCUT2D eigenvalue weighted by molar-refractivity contribution is 9.09. The minimum absolute atomic E-state index is 0.294. The Bertz CT molecular complexity index is 517. The zero-order valence-corrected chi connectivity index (χ0v) is 10.2. The molecule has 0 saturated heterocycles. The van der Waals surface area contributed by atoms with Crippen LogP contribution in [0.15, 0.2) is 51.7 Å². The molecular formula is C13H11BrO2. The number of halogens is 1. The van der Waals surface area contributed by atoms with Gasteiger partial charge in [0.2, 0.25) is 0 Å². The quantitative estimate of drug-likeness (QED) is 0.807. The van der Waals surface area contributed by atoms with Crippen molar-refractivity contribution < 1.29 is 4.42 Å². The zero-order chi connectivity index (χ0) is 11.4. The van der Waals surface area contributed by atoms with E-state index in [9.17, 15) is 4.79 Å². The summed E-state index contributed by atoms with van der Waals surface area (Å²) in [5.74, 6) is 0.711. The molecule has 0 spiro atoms. The molecule has 16 heavy (non-hydrogen) atoms. The minimum atomic E-state index is -0.294. The van der Waals surface area contributed by atoms with Gasteiger partial charge in [0.15, 0.2) is 0 Å². The second kappa shape index (κ2) is 5.12. The Labute approximate surface area is 102 Å². The molecule has 2 aromatic rings. The van der Waals surface area contributed by atoms with Crippen LogP contribution < -0.4 is 5.63 Å². The molecule has 1 aromatic heterocycles. The van der Waals surface area contributed by atoms with Crippen LogP contribution in [0.5, 0.6) is 0 Å². The van der Waals surface area contributed by atoms with Gasteiger partial charge in [-0.15, -0.1) is 0 Å². The molecule has 0 unspecified atom stereocenters. The van der Waals surface area contributed by atoms with Crippen molar-refractivity contribution in [2.45, 2.75) is 6.42 Å². The monoisotopic (exact) mass is 278 g/mol. The molecule has 0 aliphatic rings. The number of benzene rings is 1. The molecule has 0 aliphatic carbocycles. The highest BCUT2D eigenvalue weighted by atomic mass is 79.9. The van der Waals surface area contributed by atoms with Gasteiger partial charge in [0, 0.05) is 17.8 Å². The van der Waals surface area contributed by atoms with Crippen LogP contribution in [-0.2, 0) is 6.42 Å². The van der Waals surface area contributed by atoms with Crippen molar-refractivity contribution in [2.75, 3.05) is 5.33 Å². The van der Waals surface area contributed by atoms with Crippen LogP contribution in [0.25, 0.3) is 11.1 Å². The molecule has 82 valence electrons. The van der Waals surface area contributed by atoms with E-state index in [1.807, 2.05) is 36.4 Å². The third kappa shape index (κ3) is 2.61. The van der Waals surface area contributed by atoms with Gasteiger partial charge >= 0.3 is 5.63 Å². The lowest BCUT2D eigenvalue weighted by atomic mass is 10.1. The van der Waals surface area contributed by atoms with Crippen LogP contribution in [0.4, 0.5) is 0 Å². The second-order valence-electron chi connectivity index (χ2n) is 3.44. The average Bonchev–Trinajstić information content (AvgIpc) is 2.30. The van der Waals surface area contributed by atoms with E-state index in [4.69, 9.17) is 4.42 Å². The van der Waals surface area contributed by atoms with E-state index in [2.05, 4.69) is 15.9 Å². The lowest BCUT2D eigenvalue weighted by molar-refractivity contribution is 0.466. The molecule has 0 radical (unpaired) electrons. The first-order chi connectivity index (χ1) is 7.79. The molecule has 0 saturated carbocycles. The van der Waals surface area contributed by atoms with E-state index >= 15 is 0 Å². The molecule has 0 N–H and O–H groups in total. The van der Waals surface area contributed by atoms with E-state index in [0.29, 0.717) is 5.76 Å². The normalized spacial score (nSPS) is 10.3. The molecule has 2 rings (SSSR count). The highest BCUT2D eigenvalue weighted by Crippen LogP contribution is 2.18. The van der Waals surface area contributed by atoms with Gasteiger partial charge in [0.1, 0.15) is 5.76 Å². The van der Waals surface area contributed by atoms with Gasteiger partial charge in [-0.1, -0.05) is 46.3 Å². The fourth-order valence-corrected chi connectivity index (χ4v) is 1.93. The molecule has 0 amide bonds. The molecule has 0 aliphatic heterocycles. The van der Waals surface area contributed by atoms with Crippen molar-refractivity contribution in [3.05, 3.63) is 58.6 Å². The molecule has 1 aromatic carbocycles. The number of rotatable bonds is 3. The van der Waals surface area contributed by atoms with Gasteiger partial charge in [-0.25, -0.2) is 4.79 Å². The number of alkyl halides is 1. The van der Waals surface area contributed by atoms with Gasteiger partial charge in [0.25, 0.3) is 0 Å².